The van der Waals surface area contributed by atoms with Crippen LogP contribution in [0.15, 0.2) is 0 Å². The van der Waals surface area contributed by atoms with Crippen molar-refractivity contribution in [3.05, 3.63) is 0 Å². The molecular weight excluding hydrogens is 268 g/mol. The standard InChI is InChI=1S/C17H36O4/c1-3-8-17(4-2)9-6-5-7-11-19-13-15-21-16-14-20-12-10-18/h17-18H,3-16H2,1-2H3. The minimum absolute atomic E-state index is 0.0700. The Morgan fingerprint density at radius 2 is 1.33 bits per heavy atom. The normalized spacial score (nSPS) is 12.7. The molecule has 0 radical (unpaired) electrons. The largest absolute Gasteiger partial charge is 0.394 e. The van der Waals surface area contributed by atoms with Crippen LogP contribution in [0.2, 0.25) is 0 Å². The number of aliphatic hydroxyl groups is 1. The molecule has 0 aromatic heterocycles. The van der Waals surface area contributed by atoms with E-state index in [9.17, 15) is 0 Å². The summed E-state index contributed by atoms with van der Waals surface area (Å²) in [4.78, 5) is 0. The van der Waals surface area contributed by atoms with Crippen LogP contribution in [0.1, 0.15) is 58.8 Å². The maximum atomic E-state index is 8.51. The highest BCUT2D eigenvalue weighted by atomic mass is 16.5. The molecule has 0 aromatic rings. The van der Waals surface area contributed by atoms with Crippen molar-refractivity contribution >= 4 is 0 Å². The van der Waals surface area contributed by atoms with E-state index in [0.717, 1.165) is 18.9 Å². The Kier molecular flexibility index (Phi) is 17.8. The highest BCUT2D eigenvalue weighted by Gasteiger charge is 2.04. The average molecular weight is 304 g/mol. The van der Waals surface area contributed by atoms with Gasteiger partial charge in [0.2, 0.25) is 0 Å². The van der Waals surface area contributed by atoms with E-state index in [4.69, 9.17) is 19.3 Å². The van der Waals surface area contributed by atoms with Crippen LogP contribution < -0.4 is 0 Å². The molecule has 0 aliphatic rings. The molecule has 0 bridgehead atoms. The first-order valence-corrected chi connectivity index (χ1v) is 8.69. The third-order valence-electron chi connectivity index (χ3n) is 3.65. The van der Waals surface area contributed by atoms with E-state index in [1.807, 2.05) is 0 Å². The van der Waals surface area contributed by atoms with E-state index < -0.39 is 0 Å². The van der Waals surface area contributed by atoms with Crippen molar-refractivity contribution in [3.8, 4) is 0 Å². The molecule has 0 aliphatic heterocycles. The molecular formula is C17H36O4. The van der Waals surface area contributed by atoms with Crippen molar-refractivity contribution < 1.29 is 19.3 Å². The van der Waals surface area contributed by atoms with Crippen LogP contribution in [0.5, 0.6) is 0 Å². The molecule has 0 heterocycles. The molecule has 0 amide bonds. The van der Waals surface area contributed by atoms with Crippen molar-refractivity contribution in [3.63, 3.8) is 0 Å². The number of aliphatic hydroxyl groups excluding tert-OH is 1. The zero-order valence-electron chi connectivity index (χ0n) is 14.1. The summed E-state index contributed by atoms with van der Waals surface area (Å²) in [5.41, 5.74) is 0. The van der Waals surface area contributed by atoms with Crippen LogP contribution in [0, 0.1) is 5.92 Å². The fraction of sp³-hybridized carbons (Fsp3) is 1.00. The van der Waals surface area contributed by atoms with E-state index in [1.54, 1.807) is 0 Å². The number of hydrogen-bond acceptors (Lipinski definition) is 4. The molecule has 128 valence electrons. The molecule has 0 fully saturated rings. The van der Waals surface area contributed by atoms with Gasteiger partial charge in [-0.3, -0.25) is 0 Å². The molecule has 1 N–H and O–H groups in total. The van der Waals surface area contributed by atoms with Crippen molar-refractivity contribution in [2.75, 3.05) is 46.2 Å². The molecule has 1 unspecified atom stereocenters. The molecule has 4 heteroatoms. The number of unbranched alkanes of at least 4 members (excludes halogenated alkanes) is 2. The van der Waals surface area contributed by atoms with Gasteiger partial charge in [-0.2, -0.15) is 0 Å². The van der Waals surface area contributed by atoms with E-state index in [0.29, 0.717) is 33.0 Å². The van der Waals surface area contributed by atoms with Gasteiger partial charge in [0.1, 0.15) is 0 Å². The van der Waals surface area contributed by atoms with Gasteiger partial charge in [0.15, 0.2) is 0 Å². The summed E-state index contributed by atoms with van der Waals surface area (Å²) in [6, 6.07) is 0. The van der Waals surface area contributed by atoms with Crippen LogP contribution >= 0.6 is 0 Å². The molecule has 0 aliphatic carbocycles. The predicted octanol–water partition coefficient (Wildman–Crippen LogP) is 3.42. The van der Waals surface area contributed by atoms with Gasteiger partial charge in [0.25, 0.3) is 0 Å². The summed E-state index contributed by atoms with van der Waals surface area (Å²) in [6.45, 7) is 8.27. The predicted molar refractivity (Wildman–Crippen MR) is 86.7 cm³/mol. The Balaban J connectivity index is 3.08. The zero-order chi connectivity index (χ0) is 15.6. The third-order valence-corrected chi connectivity index (χ3v) is 3.65. The summed E-state index contributed by atoms with van der Waals surface area (Å²) in [5.74, 6) is 0.928. The van der Waals surface area contributed by atoms with Crippen molar-refractivity contribution in [1.29, 1.82) is 0 Å². The van der Waals surface area contributed by atoms with Gasteiger partial charge in [0, 0.05) is 6.61 Å². The van der Waals surface area contributed by atoms with Crippen LogP contribution in [0.4, 0.5) is 0 Å². The van der Waals surface area contributed by atoms with Gasteiger partial charge in [-0.25, -0.2) is 0 Å². The number of hydrogen-bond donors (Lipinski definition) is 1. The van der Waals surface area contributed by atoms with Gasteiger partial charge in [0.05, 0.1) is 39.6 Å². The second-order valence-corrected chi connectivity index (χ2v) is 5.47. The van der Waals surface area contributed by atoms with Gasteiger partial charge < -0.3 is 19.3 Å². The lowest BCUT2D eigenvalue weighted by Crippen LogP contribution is -2.11. The SMILES string of the molecule is CCCC(CC)CCCCCOCCOCCOCCO. The monoisotopic (exact) mass is 304 g/mol. The first-order valence-electron chi connectivity index (χ1n) is 8.69. The molecule has 0 aromatic carbocycles. The topological polar surface area (TPSA) is 47.9 Å². The van der Waals surface area contributed by atoms with Gasteiger partial charge >= 0.3 is 0 Å². The van der Waals surface area contributed by atoms with Gasteiger partial charge in [-0.15, -0.1) is 0 Å². The average Bonchev–Trinajstić information content (AvgIpc) is 2.50. The number of ether oxygens (including phenoxy) is 3. The van der Waals surface area contributed by atoms with Crippen molar-refractivity contribution in [2.24, 2.45) is 5.92 Å². The van der Waals surface area contributed by atoms with Gasteiger partial charge in [-0.1, -0.05) is 52.4 Å². The molecule has 0 saturated carbocycles. The smallest absolute Gasteiger partial charge is 0.0701 e. The lowest BCUT2D eigenvalue weighted by atomic mass is 9.94. The van der Waals surface area contributed by atoms with Crippen LogP contribution in [-0.2, 0) is 14.2 Å². The molecule has 0 saturated heterocycles. The highest BCUT2D eigenvalue weighted by molar-refractivity contribution is 4.56. The molecule has 4 nitrogen and oxygen atoms in total. The molecule has 21 heavy (non-hydrogen) atoms. The Hall–Kier alpha value is -0.160. The fourth-order valence-corrected chi connectivity index (χ4v) is 2.38. The summed E-state index contributed by atoms with van der Waals surface area (Å²) in [7, 11) is 0. The minimum atomic E-state index is 0.0700. The first kappa shape index (κ1) is 20.8. The summed E-state index contributed by atoms with van der Waals surface area (Å²) in [5, 5.41) is 8.51. The van der Waals surface area contributed by atoms with Crippen LogP contribution in [0.25, 0.3) is 0 Å². The van der Waals surface area contributed by atoms with E-state index in [1.165, 1.54) is 38.5 Å². The van der Waals surface area contributed by atoms with Gasteiger partial charge in [-0.05, 0) is 12.3 Å². The Morgan fingerprint density at radius 1 is 0.714 bits per heavy atom. The Morgan fingerprint density at radius 3 is 1.90 bits per heavy atom. The van der Waals surface area contributed by atoms with E-state index in [2.05, 4.69) is 13.8 Å². The highest BCUT2D eigenvalue weighted by Crippen LogP contribution is 2.18. The molecule has 1 atom stereocenters. The second kappa shape index (κ2) is 17.9. The number of rotatable bonds is 17. The first-order chi connectivity index (χ1) is 10.3. The second-order valence-electron chi connectivity index (χ2n) is 5.47. The van der Waals surface area contributed by atoms with E-state index >= 15 is 0 Å². The lowest BCUT2D eigenvalue weighted by Gasteiger charge is -2.13. The Bertz CT molecular complexity index is 188. The van der Waals surface area contributed by atoms with Crippen LogP contribution in [-0.4, -0.2) is 51.4 Å². The maximum Gasteiger partial charge on any atom is 0.0701 e. The molecule has 0 spiro atoms. The summed E-state index contributed by atoms with van der Waals surface area (Å²) < 4.78 is 16.0. The maximum absolute atomic E-state index is 8.51. The molecule has 0 rings (SSSR count). The minimum Gasteiger partial charge on any atom is -0.394 e. The third kappa shape index (κ3) is 16.0. The summed E-state index contributed by atoms with van der Waals surface area (Å²) in [6.07, 6.45) is 9.16. The van der Waals surface area contributed by atoms with Crippen molar-refractivity contribution in [1.82, 2.24) is 0 Å². The lowest BCUT2D eigenvalue weighted by molar-refractivity contribution is 0.00717. The zero-order valence-corrected chi connectivity index (χ0v) is 14.1. The van der Waals surface area contributed by atoms with Crippen molar-refractivity contribution in [2.45, 2.75) is 58.8 Å². The Labute approximate surface area is 131 Å². The quantitative estimate of drug-likeness (QED) is 0.418. The summed E-state index contributed by atoms with van der Waals surface area (Å²) >= 11 is 0. The fourth-order valence-electron chi connectivity index (χ4n) is 2.38. The van der Waals surface area contributed by atoms with E-state index in [-0.39, 0.29) is 6.61 Å². The van der Waals surface area contributed by atoms with Crippen LogP contribution in [0.3, 0.4) is 0 Å².